The predicted octanol–water partition coefficient (Wildman–Crippen LogP) is 2.33. The van der Waals surface area contributed by atoms with Crippen molar-refractivity contribution < 1.29 is 4.74 Å². The Morgan fingerprint density at radius 3 is 2.59 bits per heavy atom. The number of ether oxygens (including phenoxy) is 1. The summed E-state index contributed by atoms with van der Waals surface area (Å²) in [7, 11) is 3.96. The molecule has 1 aromatic rings. The van der Waals surface area contributed by atoms with E-state index in [0.717, 1.165) is 51.4 Å². The molecular weight excluding hydrogens is 274 g/mol. The number of benzene rings is 1. The Balaban J connectivity index is 1.96. The maximum Gasteiger partial charge on any atom is 0.123 e. The van der Waals surface area contributed by atoms with Gasteiger partial charge in [-0.25, -0.2) is 0 Å². The summed E-state index contributed by atoms with van der Waals surface area (Å²) in [6, 6.07) is 7.19. The van der Waals surface area contributed by atoms with Gasteiger partial charge >= 0.3 is 0 Å². The summed E-state index contributed by atoms with van der Waals surface area (Å²) in [5, 5.41) is 3.53. The molecule has 0 saturated carbocycles. The SMILES string of the molecule is CCC(C)NCc1ccc(CN2CCN(C)CC2)cc1OC. The van der Waals surface area contributed by atoms with Crippen LogP contribution >= 0.6 is 0 Å². The van der Waals surface area contributed by atoms with Crippen LogP contribution in [-0.2, 0) is 13.1 Å². The molecular formula is C18H31N3O. The number of nitrogens with zero attached hydrogens (tertiary/aromatic N) is 2. The third-order valence-electron chi connectivity index (χ3n) is 4.61. The highest BCUT2D eigenvalue weighted by Crippen LogP contribution is 2.21. The Morgan fingerprint density at radius 2 is 1.95 bits per heavy atom. The molecule has 1 fully saturated rings. The molecule has 0 aromatic heterocycles. The van der Waals surface area contributed by atoms with Gasteiger partial charge in [-0.3, -0.25) is 4.90 Å². The minimum absolute atomic E-state index is 0.537. The van der Waals surface area contributed by atoms with Gasteiger partial charge < -0.3 is 15.0 Å². The summed E-state index contributed by atoms with van der Waals surface area (Å²) in [5.74, 6) is 1.00. The van der Waals surface area contributed by atoms with Crippen LogP contribution in [0.15, 0.2) is 18.2 Å². The average molecular weight is 305 g/mol. The van der Waals surface area contributed by atoms with E-state index in [1.54, 1.807) is 7.11 Å². The van der Waals surface area contributed by atoms with Gasteiger partial charge in [-0.15, -0.1) is 0 Å². The third-order valence-corrected chi connectivity index (χ3v) is 4.61. The standard InChI is InChI=1S/C18H31N3O/c1-5-15(2)19-13-17-7-6-16(12-18(17)22-4)14-21-10-8-20(3)9-11-21/h6-7,12,15,19H,5,8-11,13-14H2,1-4H3. The number of hydrogen-bond acceptors (Lipinski definition) is 4. The van der Waals surface area contributed by atoms with Gasteiger partial charge in [0.1, 0.15) is 5.75 Å². The highest BCUT2D eigenvalue weighted by atomic mass is 16.5. The van der Waals surface area contributed by atoms with E-state index in [4.69, 9.17) is 4.74 Å². The average Bonchev–Trinajstić information content (AvgIpc) is 2.55. The van der Waals surface area contributed by atoms with Crippen molar-refractivity contribution in [1.29, 1.82) is 0 Å². The molecule has 2 rings (SSSR count). The molecule has 0 bridgehead atoms. The van der Waals surface area contributed by atoms with Crippen molar-refractivity contribution in [1.82, 2.24) is 15.1 Å². The first kappa shape index (κ1) is 17.3. The van der Waals surface area contributed by atoms with Gasteiger partial charge in [-0.2, -0.15) is 0 Å². The van der Waals surface area contributed by atoms with Crippen LogP contribution in [0.2, 0.25) is 0 Å². The zero-order chi connectivity index (χ0) is 15.9. The highest BCUT2D eigenvalue weighted by molar-refractivity contribution is 5.37. The predicted molar refractivity (Wildman–Crippen MR) is 92.4 cm³/mol. The largest absolute Gasteiger partial charge is 0.496 e. The zero-order valence-electron chi connectivity index (χ0n) is 14.6. The quantitative estimate of drug-likeness (QED) is 0.837. The lowest BCUT2D eigenvalue weighted by Crippen LogP contribution is -2.43. The van der Waals surface area contributed by atoms with Crippen molar-refractivity contribution in [3.63, 3.8) is 0 Å². The van der Waals surface area contributed by atoms with E-state index < -0.39 is 0 Å². The maximum absolute atomic E-state index is 5.59. The topological polar surface area (TPSA) is 27.7 Å². The van der Waals surface area contributed by atoms with Gasteiger partial charge in [-0.05, 0) is 32.0 Å². The van der Waals surface area contributed by atoms with Crippen molar-refractivity contribution in [2.75, 3.05) is 40.3 Å². The Kier molecular flexibility index (Phi) is 6.68. The van der Waals surface area contributed by atoms with Gasteiger partial charge in [0.25, 0.3) is 0 Å². The fraction of sp³-hybridized carbons (Fsp3) is 0.667. The van der Waals surface area contributed by atoms with Gasteiger partial charge in [0.2, 0.25) is 0 Å². The normalized spacial score (nSPS) is 18.4. The molecule has 4 nitrogen and oxygen atoms in total. The minimum atomic E-state index is 0.537. The number of hydrogen-bond donors (Lipinski definition) is 1. The number of piperazine rings is 1. The fourth-order valence-corrected chi connectivity index (χ4v) is 2.73. The van der Waals surface area contributed by atoms with Crippen molar-refractivity contribution in [2.45, 2.75) is 39.4 Å². The molecule has 0 amide bonds. The van der Waals surface area contributed by atoms with Gasteiger partial charge in [0.15, 0.2) is 0 Å². The first-order chi connectivity index (χ1) is 10.6. The second kappa shape index (κ2) is 8.51. The number of rotatable bonds is 7. The van der Waals surface area contributed by atoms with Crippen molar-refractivity contribution >= 4 is 0 Å². The van der Waals surface area contributed by atoms with Gasteiger partial charge in [-0.1, -0.05) is 19.1 Å². The van der Waals surface area contributed by atoms with E-state index in [-0.39, 0.29) is 0 Å². The molecule has 1 saturated heterocycles. The van der Waals surface area contributed by atoms with Crippen LogP contribution in [0.4, 0.5) is 0 Å². The summed E-state index contributed by atoms with van der Waals surface area (Å²) in [4.78, 5) is 4.91. The molecule has 0 aliphatic carbocycles. The molecule has 0 spiro atoms. The van der Waals surface area contributed by atoms with Crippen molar-refractivity contribution in [3.8, 4) is 5.75 Å². The number of likely N-dealkylation sites (N-methyl/N-ethyl adjacent to an activating group) is 1. The van der Waals surface area contributed by atoms with E-state index >= 15 is 0 Å². The molecule has 0 radical (unpaired) electrons. The lowest BCUT2D eigenvalue weighted by Gasteiger charge is -2.32. The molecule has 1 unspecified atom stereocenters. The number of nitrogens with one attached hydrogen (secondary N) is 1. The van der Waals surface area contributed by atoms with Crippen LogP contribution in [0.5, 0.6) is 5.75 Å². The van der Waals surface area contributed by atoms with Gasteiger partial charge in [0.05, 0.1) is 7.11 Å². The van der Waals surface area contributed by atoms with Crippen molar-refractivity contribution in [3.05, 3.63) is 29.3 Å². The van der Waals surface area contributed by atoms with Gasteiger partial charge in [0, 0.05) is 50.9 Å². The van der Waals surface area contributed by atoms with E-state index in [9.17, 15) is 0 Å². The molecule has 1 aromatic carbocycles. The Bertz CT molecular complexity index is 456. The Hall–Kier alpha value is -1.10. The number of methoxy groups -OCH3 is 1. The molecule has 4 heteroatoms. The molecule has 1 heterocycles. The van der Waals surface area contributed by atoms with Crippen LogP contribution in [-0.4, -0.2) is 56.2 Å². The van der Waals surface area contributed by atoms with E-state index in [0.29, 0.717) is 6.04 Å². The smallest absolute Gasteiger partial charge is 0.123 e. The van der Waals surface area contributed by atoms with E-state index in [1.807, 2.05) is 0 Å². The van der Waals surface area contributed by atoms with Crippen LogP contribution in [0, 0.1) is 0 Å². The van der Waals surface area contributed by atoms with E-state index in [1.165, 1.54) is 11.1 Å². The van der Waals surface area contributed by atoms with Crippen LogP contribution < -0.4 is 10.1 Å². The fourth-order valence-electron chi connectivity index (χ4n) is 2.73. The Morgan fingerprint density at radius 1 is 1.23 bits per heavy atom. The molecule has 22 heavy (non-hydrogen) atoms. The lowest BCUT2D eigenvalue weighted by molar-refractivity contribution is 0.148. The monoisotopic (exact) mass is 305 g/mol. The summed E-state index contributed by atoms with van der Waals surface area (Å²) >= 11 is 0. The second-order valence-electron chi connectivity index (χ2n) is 6.42. The summed E-state index contributed by atoms with van der Waals surface area (Å²) in [6.45, 7) is 10.9. The molecule has 1 atom stereocenters. The van der Waals surface area contributed by atoms with Crippen LogP contribution in [0.3, 0.4) is 0 Å². The summed E-state index contributed by atoms with van der Waals surface area (Å²) in [5.41, 5.74) is 2.58. The molecule has 1 aliphatic heterocycles. The first-order valence-corrected chi connectivity index (χ1v) is 8.42. The van der Waals surface area contributed by atoms with Crippen molar-refractivity contribution in [2.24, 2.45) is 0 Å². The minimum Gasteiger partial charge on any atom is -0.496 e. The van der Waals surface area contributed by atoms with E-state index in [2.05, 4.69) is 54.2 Å². The molecule has 1 aliphatic rings. The second-order valence-corrected chi connectivity index (χ2v) is 6.42. The lowest BCUT2D eigenvalue weighted by atomic mass is 10.1. The summed E-state index contributed by atoms with van der Waals surface area (Å²) < 4.78 is 5.59. The Labute approximate surface area is 135 Å². The first-order valence-electron chi connectivity index (χ1n) is 8.42. The highest BCUT2D eigenvalue weighted by Gasteiger charge is 2.14. The van der Waals surface area contributed by atoms with Crippen LogP contribution in [0.25, 0.3) is 0 Å². The maximum atomic E-state index is 5.59. The van der Waals surface area contributed by atoms with Crippen LogP contribution in [0.1, 0.15) is 31.4 Å². The summed E-state index contributed by atoms with van der Waals surface area (Å²) in [6.07, 6.45) is 1.14. The zero-order valence-corrected chi connectivity index (χ0v) is 14.6. The molecule has 1 N–H and O–H groups in total. The third kappa shape index (κ3) is 4.97. The molecule has 124 valence electrons.